The van der Waals surface area contributed by atoms with Gasteiger partial charge in [-0.05, 0) is 52.4 Å². The van der Waals surface area contributed by atoms with E-state index in [1.54, 1.807) is 18.2 Å². The zero-order valence-corrected chi connectivity index (χ0v) is 15.4. The van der Waals surface area contributed by atoms with Crippen molar-refractivity contribution in [2.24, 2.45) is 0 Å². The van der Waals surface area contributed by atoms with Crippen LogP contribution in [0.15, 0.2) is 48.5 Å². The van der Waals surface area contributed by atoms with Crippen LogP contribution in [0.25, 0.3) is 3.58 Å². The maximum Gasteiger partial charge on any atom is 0.416 e. The molecule has 1 N–H and O–H groups in total. The van der Waals surface area contributed by atoms with Crippen LogP contribution in [0.5, 0.6) is 11.5 Å². The van der Waals surface area contributed by atoms with Crippen LogP contribution in [0.2, 0.25) is 0 Å². The summed E-state index contributed by atoms with van der Waals surface area (Å²) < 4.78 is 49.2. The topological polar surface area (TPSA) is 47.6 Å². The smallest absolute Gasteiger partial charge is 0.416 e. The summed E-state index contributed by atoms with van der Waals surface area (Å²) in [4.78, 5) is 12.1. The van der Waals surface area contributed by atoms with Gasteiger partial charge in [-0.1, -0.05) is 12.1 Å². The van der Waals surface area contributed by atoms with Crippen molar-refractivity contribution in [2.45, 2.75) is 6.18 Å². The summed E-state index contributed by atoms with van der Waals surface area (Å²) in [6, 6.07) is 9.68. The molecule has 0 saturated heterocycles. The highest BCUT2D eigenvalue weighted by Crippen LogP contribution is 2.33. The Bertz CT molecular complexity index is 848. The van der Waals surface area contributed by atoms with Gasteiger partial charge in [0.15, 0.2) is 11.5 Å². The van der Waals surface area contributed by atoms with Crippen LogP contribution in [0.3, 0.4) is 0 Å². The average Bonchev–Trinajstić information content (AvgIpc) is 2.61. The minimum atomic E-state index is -4.39. The van der Waals surface area contributed by atoms with E-state index in [0.717, 1.165) is 12.1 Å². The second-order valence-electron chi connectivity index (χ2n) is 5.42. The Balaban J connectivity index is 1.70. The Labute approximate surface area is 161 Å². The molecule has 0 bridgehead atoms. The average molecular weight is 475 g/mol. The summed E-state index contributed by atoms with van der Waals surface area (Å²) in [5, 5.41) is 2.69. The molecular weight excluding hydrogens is 462 g/mol. The molecule has 0 saturated carbocycles. The van der Waals surface area contributed by atoms with Crippen molar-refractivity contribution in [3.63, 3.8) is 0 Å². The van der Waals surface area contributed by atoms with Gasteiger partial charge in [0.2, 0.25) is 5.91 Å². The number of rotatable bonds is 3. The lowest BCUT2D eigenvalue weighted by Gasteiger charge is -2.18. The van der Waals surface area contributed by atoms with Crippen molar-refractivity contribution in [1.29, 1.82) is 0 Å². The first kappa shape index (κ1) is 18.6. The second-order valence-corrected chi connectivity index (χ2v) is 6.58. The lowest BCUT2D eigenvalue weighted by Crippen LogP contribution is -2.16. The molecule has 0 aliphatic carbocycles. The number of hydrogen-bond acceptors (Lipinski definition) is 3. The number of nitrogens with one attached hydrogen (secondary N) is 1. The number of benzene rings is 2. The van der Waals surface area contributed by atoms with E-state index >= 15 is 0 Å². The quantitative estimate of drug-likeness (QED) is 0.508. The molecule has 2 aromatic rings. The number of amides is 1. The van der Waals surface area contributed by atoms with Gasteiger partial charge in [-0.2, -0.15) is 13.2 Å². The van der Waals surface area contributed by atoms with Gasteiger partial charge in [0, 0.05) is 21.4 Å². The van der Waals surface area contributed by atoms with Crippen LogP contribution in [0.4, 0.5) is 18.9 Å². The van der Waals surface area contributed by atoms with E-state index in [2.05, 4.69) is 5.32 Å². The fourth-order valence-electron chi connectivity index (χ4n) is 2.32. The van der Waals surface area contributed by atoms with E-state index in [1.165, 1.54) is 18.2 Å². The second kappa shape index (κ2) is 7.56. The standard InChI is InChI=1S/C18H13F3INO3/c19-18(20,21)12-3-1-11(2-4-12)14(22)10-17(24)23-13-5-6-15-16(9-13)26-8-7-25-15/h1-6,9-10H,7-8H2,(H,23,24). The lowest BCUT2D eigenvalue weighted by molar-refractivity contribution is -0.137. The molecule has 1 aliphatic heterocycles. The number of carbonyl (C=O) groups is 1. The molecule has 0 spiro atoms. The zero-order valence-electron chi connectivity index (χ0n) is 13.3. The molecule has 2 aromatic carbocycles. The first-order valence-corrected chi connectivity index (χ1v) is 8.66. The van der Waals surface area contributed by atoms with Gasteiger partial charge in [0.05, 0.1) is 5.56 Å². The van der Waals surface area contributed by atoms with Crippen LogP contribution in [0.1, 0.15) is 11.1 Å². The molecule has 26 heavy (non-hydrogen) atoms. The summed E-state index contributed by atoms with van der Waals surface area (Å²) in [5.41, 5.74) is 0.328. The molecule has 3 rings (SSSR count). The summed E-state index contributed by atoms with van der Waals surface area (Å²) in [5.74, 6) is 0.769. The first-order valence-electron chi connectivity index (χ1n) is 7.58. The third-order valence-corrected chi connectivity index (χ3v) is 4.49. The highest BCUT2D eigenvalue weighted by molar-refractivity contribution is 14.1. The van der Waals surface area contributed by atoms with Crippen LogP contribution in [-0.4, -0.2) is 19.1 Å². The summed E-state index contributed by atoms with van der Waals surface area (Å²) >= 11 is 1.91. The van der Waals surface area contributed by atoms with Crippen LogP contribution in [-0.2, 0) is 11.0 Å². The highest BCUT2D eigenvalue weighted by atomic mass is 127. The van der Waals surface area contributed by atoms with E-state index in [1.807, 2.05) is 22.6 Å². The minimum absolute atomic E-state index is 0.397. The van der Waals surface area contributed by atoms with E-state index in [9.17, 15) is 18.0 Å². The van der Waals surface area contributed by atoms with Gasteiger partial charge in [-0.3, -0.25) is 4.79 Å². The van der Waals surface area contributed by atoms with Crippen LogP contribution >= 0.6 is 22.6 Å². The largest absolute Gasteiger partial charge is 0.486 e. The van der Waals surface area contributed by atoms with Gasteiger partial charge in [-0.15, -0.1) is 0 Å². The first-order chi connectivity index (χ1) is 12.3. The van der Waals surface area contributed by atoms with Crippen molar-refractivity contribution < 1.29 is 27.4 Å². The van der Waals surface area contributed by atoms with E-state index in [0.29, 0.717) is 39.5 Å². The minimum Gasteiger partial charge on any atom is -0.486 e. The van der Waals surface area contributed by atoms with Gasteiger partial charge >= 0.3 is 6.18 Å². The van der Waals surface area contributed by atoms with E-state index in [4.69, 9.17) is 9.47 Å². The van der Waals surface area contributed by atoms with Crippen molar-refractivity contribution in [1.82, 2.24) is 0 Å². The van der Waals surface area contributed by atoms with Crippen molar-refractivity contribution in [3.05, 3.63) is 59.7 Å². The summed E-state index contributed by atoms with van der Waals surface area (Å²) in [7, 11) is 0. The monoisotopic (exact) mass is 475 g/mol. The zero-order chi connectivity index (χ0) is 18.7. The molecule has 1 amide bonds. The molecular formula is C18H13F3INO3. The lowest BCUT2D eigenvalue weighted by atomic mass is 10.1. The molecule has 0 fully saturated rings. The Kier molecular flexibility index (Phi) is 5.40. The Hall–Kier alpha value is -2.23. The number of fused-ring (bicyclic) bond motifs is 1. The Morgan fingerprint density at radius 2 is 1.69 bits per heavy atom. The Morgan fingerprint density at radius 3 is 2.35 bits per heavy atom. The van der Waals surface area contributed by atoms with Gasteiger partial charge in [0.1, 0.15) is 13.2 Å². The molecule has 0 aromatic heterocycles. The van der Waals surface area contributed by atoms with Gasteiger partial charge < -0.3 is 14.8 Å². The number of alkyl halides is 3. The molecule has 0 unspecified atom stereocenters. The maximum atomic E-state index is 12.6. The van der Waals surface area contributed by atoms with Gasteiger partial charge in [-0.25, -0.2) is 0 Å². The maximum absolute atomic E-state index is 12.6. The van der Waals surface area contributed by atoms with Gasteiger partial charge in [0.25, 0.3) is 0 Å². The van der Waals surface area contributed by atoms with Crippen LogP contribution < -0.4 is 14.8 Å². The molecule has 1 aliphatic rings. The number of hydrogen-bond donors (Lipinski definition) is 1. The number of halogens is 4. The molecule has 8 heteroatoms. The number of anilines is 1. The fraction of sp³-hybridized carbons (Fsp3) is 0.167. The van der Waals surface area contributed by atoms with E-state index < -0.39 is 17.6 Å². The molecule has 1 heterocycles. The van der Waals surface area contributed by atoms with E-state index in [-0.39, 0.29) is 0 Å². The highest BCUT2D eigenvalue weighted by Gasteiger charge is 2.30. The fourth-order valence-corrected chi connectivity index (χ4v) is 2.96. The number of ether oxygens (including phenoxy) is 2. The Morgan fingerprint density at radius 1 is 1.04 bits per heavy atom. The SMILES string of the molecule is O=C(C=C(I)c1ccc(C(F)(F)F)cc1)Nc1ccc2c(c1)OCCO2. The molecule has 0 radical (unpaired) electrons. The summed E-state index contributed by atoms with van der Waals surface area (Å²) in [6.45, 7) is 0.920. The normalized spacial score (nSPS) is 14.1. The third-order valence-electron chi connectivity index (χ3n) is 3.56. The number of carbonyl (C=O) groups excluding carboxylic acids is 1. The van der Waals surface area contributed by atoms with Crippen molar-refractivity contribution in [3.8, 4) is 11.5 Å². The predicted molar refractivity (Wildman–Crippen MR) is 99.5 cm³/mol. The molecule has 136 valence electrons. The summed E-state index contributed by atoms with van der Waals surface area (Å²) in [6.07, 6.45) is -3.07. The van der Waals surface area contributed by atoms with Crippen molar-refractivity contribution >= 4 is 37.8 Å². The molecule has 4 nitrogen and oxygen atoms in total. The van der Waals surface area contributed by atoms with Crippen LogP contribution in [0, 0.1) is 0 Å². The predicted octanol–water partition coefficient (Wildman–Crippen LogP) is 4.89. The molecule has 0 atom stereocenters. The van der Waals surface area contributed by atoms with Crippen molar-refractivity contribution in [2.75, 3.05) is 18.5 Å². The third kappa shape index (κ3) is 4.48.